The van der Waals surface area contributed by atoms with E-state index >= 15 is 0 Å². The molecule has 12 nitrogen and oxygen atoms in total. The Bertz CT molecular complexity index is 1210. The summed E-state index contributed by atoms with van der Waals surface area (Å²) < 4.78 is 29.6. The quantitative estimate of drug-likeness (QED) is 0.110. The smallest absolute Gasteiger partial charge is 0.366 e. The number of nitrogens with two attached hydrogens (primary N) is 1. The predicted octanol–water partition coefficient (Wildman–Crippen LogP) is 0.377. The van der Waals surface area contributed by atoms with Crippen LogP contribution in [0.1, 0.15) is 23.2 Å². The molecule has 0 spiro atoms. The number of halogens is 1. The minimum atomic E-state index is -2.20. The lowest BCUT2D eigenvalue weighted by molar-refractivity contribution is -0.311. The minimum absolute atomic E-state index is 0.00534. The standard InChI is InChI=1S/C30H40FN3O9S/c1-41-29(40)30(42-13-5-14-44-15-12-32)16-22(35)25(34-24(37)17-31)27(43-30)26(38)23(36)18-33-28(39)21-10-8-20(9-11-21)19-6-3-2-4-7-19/h2-4,6-11,22-23,25-27,35-36,38H,5,12-18,32H2,1H3,(H,33,39)(H,34,37)/t22?,23-,25?,26+,27?,30?/m1/s1. The fourth-order valence-electron chi connectivity index (χ4n) is 4.75. The Morgan fingerprint density at radius 3 is 2.43 bits per heavy atom. The number of rotatable bonds is 16. The zero-order valence-corrected chi connectivity index (χ0v) is 25.2. The third kappa shape index (κ3) is 9.44. The van der Waals surface area contributed by atoms with Gasteiger partial charge in [0.1, 0.15) is 12.2 Å². The summed E-state index contributed by atoms with van der Waals surface area (Å²) in [7, 11) is 1.08. The van der Waals surface area contributed by atoms with Crippen LogP contribution in [-0.2, 0) is 23.8 Å². The van der Waals surface area contributed by atoms with Crippen molar-refractivity contribution < 1.29 is 48.3 Å². The van der Waals surface area contributed by atoms with E-state index in [4.69, 9.17) is 19.9 Å². The van der Waals surface area contributed by atoms with Gasteiger partial charge in [-0.05, 0) is 35.4 Å². The Morgan fingerprint density at radius 1 is 1.11 bits per heavy atom. The van der Waals surface area contributed by atoms with Gasteiger partial charge in [-0.2, -0.15) is 11.8 Å². The van der Waals surface area contributed by atoms with E-state index < -0.39 is 73.7 Å². The van der Waals surface area contributed by atoms with Crippen LogP contribution in [0.2, 0.25) is 0 Å². The summed E-state index contributed by atoms with van der Waals surface area (Å²) in [6, 6.07) is 14.9. The number of aliphatic hydroxyl groups excluding tert-OH is 3. The van der Waals surface area contributed by atoms with Crippen LogP contribution in [0.25, 0.3) is 11.1 Å². The van der Waals surface area contributed by atoms with Crippen LogP contribution in [-0.4, -0.2) is 114 Å². The van der Waals surface area contributed by atoms with Crippen LogP contribution in [0.4, 0.5) is 4.39 Å². The molecule has 4 unspecified atom stereocenters. The van der Waals surface area contributed by atoms with Crippen LogP contribution >= 0.6 is 11.8 Å². The van der Waals surface area contributed by atoms with Gasteiger partial charge in [0.25, 0.3) is 17.6 Å². The molecular weight excluding hydrogens is 597 g/mol. The SMILES string of the molecule is COC(=O)C1(OCCCSCCN)CC(O)C(NC(=O)CF)C([C@@H](O)[C@H](O)CNC(=O)c2ccc(-c3ccccc3)cc2)O1. The van der Waals surface area contributed by atoms with E-state index in [2.05, 4.69) is 10.6 Å². The number of methoxy groups -OCH3 is 1. The molecule has 1 aliphatic rings. The summed E-state index contributed by atoms with van der Waals surface area (Å²) in [6.45, 7) is -1.38. The molecule has 1 aliphatic heterocycles. The molecular formula is C30H40FN3O9S. The Labute approximate surface area is 259 Å². The monoisotopic (exact) mass is 637 g/mol. The second kappa shape index (κ2) is 17.4. The molecule has 1 heterocycles. The molecule has 0 radical (unpaired) electrons. The normalized spacial score (nSPS) is 22.9. The molecule has 6 atom stereocenters. The number of alkyl halides is 1. The van der Waals surface area contributed by atoms with E-state index in [9.17, 15) is 34.1 Å². The van der Waals surface area contributed by atoms with E-state index in [0.717, 1.165) is 24.0 Å². The summed E-state index contributed by atoms with van der Waals surface area (Å²) >= 11 is 1.58. The predicted molar refractivity (Wildman–Crippen MR) is 161 cm³/mol. The largest absolute Gasteiger partial charge is 0.465 e. The zero-order valence-electron chi connectivity index (χ0n) is 24.4. The second-order valence-electron chi connectivity index (χ2n) is 10.1. The lowest BCUT2D eigenvalue weighted by Gasteiger charge is -2.47. The van der Waals surface area contributed by atoms with Crippen molar-refractivity contribution in [3.63, 3.8) is 0 Å². The molecule has 0 aliphatic carbocycles. The number of hydrogen-bond donors (Lipinski definition) is 6. The minimum Gasteiger partial charge on any atom is -0.465 e. The highest BCUT2D eigenvalue weighted by molar-refractivity contribution is 7.99. The van der Waals surface area contributed by atoms with Gasteiger partial charge in [0.05, 0.1) is 32.0 Å². The molecule has 1 fully saturated rings. The summed E-state index contributed by atoms with van der Waals surface area (Å²) in [4.78, 5) is 37.5. The van der Waals surface area contributed by atoms with Crippen molar-refractivity contribution >= 4 is 29.5 Å². The van der Waals surface area contributed by atoms with Crippen molar-refractivity contribution in [3.05, 3.63) is 60.2 Å². The molecule has 242 valence electrons. The summed E-state index contributed by atoms with van der Waals surface area (Å²) in [6.07, 6.45) is -6.86. The van der Waals surface area contributed by atoms with Gasteiger partial charge in [0.2, 0.25) is 0 Å². The number of carbonyl (C=O) groups excluding carboxylic acids is 3. The van der Waals surface area contributed by atoms with Gasteiger partial charge in [-0.15, -0.1) is 0 Å². The lowest BCUT2D eigenvalue weighted by Crippen LogP contribution is -2.68. The van der Waals surface area contributed by atoms with E-state index in [1.165, 1.54) is 0 Å². The van der Waals surface area contributed by atoms with Gasteiger partial charge < -0.3 is 45.9 Å². The third-order valence-electron chi connectivity index (χ3n) is 7.01. The number of esters is 1. The average molecular weight is 638 g/mol. The fraction of sp³-hybridized carbons (Fsp3) is 0.500. The molecule has 2 aromatic carbocycles. The van der Waals surface area contributed by atoms with E-state index in [1.807, 2.05) is 30.3 Å². The van der Waals surface area contributed by atoms with E-state index in [1.54, 1.807) is 36.0 Å². The number of aliphatic hydroxyl groups is 3. The van der Waals surface area contributed by atoms with Gasteiger partial charge in [0, 0.05) is 30.8 Å². The molecule has 0 bridgehead atoms. The zero-order chi connectivity index (χ0) is 32.1. The molecule has 14 heteroatoms. The molecule has 7 N–H and O–H groups in total. The number of amides is 2. The average Bonchev–Trinajstić information content (AvgIpc) is 3.05. The van der Waals surface area contributed by atoms with Crippen LogP contribution in [0.3, 0.4) is 0 Å². The summed E-state index contributed by atoms with van der Waals surface area (Å²) in [5.74, 6) is -3.47. The van der Waals surface area contributed by atoms with Crippen LogP contribution in [0, 0.1) is 0 Å². The van der Waals surface area contributed by atoms with Gasteiger partial charge in [-0.25, -0.2) is 9.18 Å². The molecule has 2 aromatic rings. The van der Waals surface area contributed by atoms with Crippen molar-refractivity contribution in [2.45, 2.75) is 49.1 Å². The topological polar surface area (TPSA) is 190 Å². The van der Waals surface area contributed by atoms with Crippen molar-refractivity contribution in [1.82, 2.24) is 10.6 Å². The molecule has 3 rings (SSSR count). The highest BCUT2D eigenvalue weighted by Crippen LogP contribution is 2.34. The lowest BCUT2D eigenvalue weighted by atomic mass is 9.88. The van der Waals surface area contributed by atoms with Crippen LogP contribution in [0.15, 0.2) is 54.6 Å². The van der Waals surface area contributed by atoms with Crippen LogP contribution < -0.4 is 16.4 Å². The number of carbonyl (C=O) groups is 3. The first-order valence-corrected chi connectivity index (χ1v) is 15.3. The molecule has 44 heavy (non-hydrogen) atoms. The van der Waals surface area contributed by atoms with E-state index in [-0.39, 0.29) is 6.61 Å². The maximum Gasteiger partial charge on any atom is 0.366 e. The third-order valence-corrected chi connectivity index (χ3v) is 8.11. The highest BCUT2D eigenvalue weighted by atomic mass is 32.2. The Kier molecular flexibility index (Phi) is 14.0. The molecule has 2 amide bonds. The second-order valence-corrected chi connectivity index (χ2v) is 11.4. The fourth-order valence-corrected chi connectivity index (χ4v) is 5.45. The van der Waals surface area contributed by atoms with Crippen molar-refractivity contribution in [2.75, 3.05) is 45.0 Å². The summed E-state index contributed by atoms with van der Waals surface area (Å²) in [5, 5.41) is 37.6. The van der Waals surface area contributed by atoms with Gasteiger partial charge in [-0.1, -0.05) is 42.5 Å². The van der Waals surface area contributed by atoms with Gasteiger partial charge in [-0.3, -0.25) is 9.59 Å². The van der Waals surface area contributed by atoms with E-state index in [0.29, 0.717) is 24.3 Å². The first-order chi connectivity index (χ1) is 21.2. The maximum absolute atomic E-state index is 13.1. The molecule has 0 saturated carbocycles. The van der Waals surface area contributed by atoms with Crippen molar-refractivity contribution in [3.8, 4) is 11.1 Å². The first kappa shape index (κ1) is 35.4. The number of benzene rings is 2. The Morgan fingerprint density at radius 2 is 1.80 bits per heavy atom. The number of hydrogen-bond acceptors (Lipinski definition) is 11. The summed E-state index contributed by atoms with van der Waals surface area (Å²) in [5.41, 5.74) is 7.66. The molecule has 0 aromatic heterocycles. The van der Waals surface area contributed by atoms with Gasteiger partial charge >= 0.3 is 5.97 Å². The Hall–Kier alpha value is -3.11. The van der Waals surface area contributed by atoms with Crippen LogP contribution in [0.5, 0.6) is 0 Å². The number of nitrogens with one attached hydrogen (secondary N) is 2. The number of ether oxygens (including phenoxy) is 3. The highest BCUT2D eigenvalue weighted by Gasteiger charge is 2.56. The Balaban J connectivity index is 1.72. The molecule has 1 saturated heterocycles. The van der Waals surface area contributed by atoms with Crippen molar-refractivity contribution in [2.24, 2.45) is 5.73 Å². The van der Waals surface area contributed by atoms with Gasteiger partial charge in [0.15, 0.2) is 6.67 Å². The van der Waals surface area contributed by atoms with Crippen molar-refractivity contribution in [1.29, 1.82) is 0 Å². The first-order valence-electron chi connectivity index (χ1n) is 14.2. The number of thioether (sulfide) groups is 1. The maximum atomic E-state index is 13.1.